The van der Waals surface area contributed by atoms with Crippen molar-refractivity contribution in [2.24, 2.45) is 5.73 Å². The Balaban J connectivity index is 3.05. The third kappa shape index (κ3) is 3.13. The number of pyridine rings is 1. The number of anilines is 1. The van der Waals surface area contributed by atoms with Gasteiger partial charge in [0.15, 0.2) is 0 Å². The van der Waals surface area contributed by atoms with Gasteiger partial charge >= 0.3 is 5.97 Å². The number of hydrogen-bond donors (Lipinski definition) is 2. The lowest BCUT2D eigenvalue weighted by Crippen LogP contribution is -2.14. The Bertz CT molecular complexity index is 439. The van der Waals surface area contributed by atoms with E-state index in [1.54, 1.807) is 6.92 Å². The molecule has 0 fully saturated rings. The summed E-state index contributed by atoms with van der Waals surface area (Å²) in [6.45, 7) is 1.75. The minimum Gasteiger partial charge on any atom is -0.466 e. The number of halogens is 2. The minimum absolute atomic E-state index is 0.0757. The lowest BCUT2D eigenvalue weighted by atomic mass is 10.1. The summed E-state index contributed by atoms with van der Waals surface area (Å²) in [5.41, 5.74) is 11.2. The Labute approximate surface area is 103 Å². The van der Waals surface area contributed by atoms with Crippen LogP contribution in [0.5, 0.6) is 0 Å². The van der Waals surface area contributed by atoms with E-state index in [2.05, 4.69) is 4.98 Å². The van der Waals surface area contributed by atoms with E-state index in [0.717, 1.165) is 6.20 Å². The van der Waals surface area contributed by atoms with Gasteiger partial charge in [0.2, 0.25) is 0 Å². The van der Waals surface area contributed by atoms with Gasteiger partial charge in [-0.25, -0.2) is 8.78 Å². The zero-order valence-corrected chi connectivity index (χ0v) is 9.95. The molecule has 0 aliphatic rings. The molecule has 0 bridgehead atoms. The summed E-state index contributed by atoms with van der Waals surface area (Å²) in [6.07, 6.45) is -1.70. The third-order valence-corrected chi connectivity index (χ3v) is 2.39. The van der Waals surface area contributed by atoms with Crippen molar-refractivity contribution in [3.63, 3.8) is 0 Å². The van der Waals surface area contributed by atoms with E-state index in [9.17, 15) is 13.6 Å². The Morgan fingerprint density at radius 1 is 1.56 bits per heavy atom. The van der Waals surface area contributed by atoms with Crippen LogP contribution < -0.4 is 11.5 Å². The number of hydrogen-bond acceptors (Lipinski definition) is 5. The van der Waals surface area contributed by atoms with Crippen molar-refractivity contribution in [1.82, 2.24) is 4.98 Å². The molecule has 0 saturated carbocycles. The number of esters is 1. The molecule has 0 atom stereocenters. The highest BCUT2D eigenvalue weighted by Gasteiger charge is 2.19. The SMILES string of the molecule is CCOC(=O)Cc1cnc(C(F)F)c(CN)c1N. The molecular weight excluding hydrogens is 244 g/mol. The first kappa shape index (κ1) is 14.3. The number of carbonyl (C=O) groups excluding carboxylic acids is 1. The first-order chi connectivity index (χ1) is 8.51. The maximum absolute atomic E-state index is 12.6. The number of rotatable bonds is 5. The van der Waals surface area contributed by atoms with Gasteiger partial charge in [-0.05, 0) is 6.92 Å². The second-order valence-corrected chi connectivity index (χ2v) is 3.55. The summed E-state index contributed by atoms with van der Waals surface area (Å²) in [5.74, 6) is -0.487. The molecule has 0 aliphatic carbocycles. The van der Waals surface area contributed by atoms with Gasteiger partial charge in [-0.2, -0.15) is 0 Å². The molecule has 4 N–H and O–H groups in total. The number of nitrogens with two attached hydrogens (primary N) is 2. The van der Waals surface area contributed by atoms with Crippen LogP contribution in [0.15, 0.2) is 6.20 Å². The summed E-state index contributed by atoms with van der Waals surface area (Å²) >= 11 is 0. The van der Waals surface area contributed by atoms with E-state index in [-0.39, 0.29) is 30.8 Å². The summed E-state index contributed by atoms with van der Waals surface area (Å²) in [7, 11) is 0. The standard InChI is InChI=1S/C11H15F2N3O2/c1-2-18-8(17)3-6-5-16-10(11(12)13)7(4-14)9(6)15/h5,11H,2-4,14H2,1H3,(H2,15,16). The highest BCUT2D eigenvalue weighted by molar-refractivity contribution is 5.75. The van der Waals surface area contributed by atoms with E-state index in [1.165, 1.54) is 0 Å². The third-order valence-electron chi connectivity index (χ3n) is 2.39. The molecule has 1 aromatic rings. The number of carbonyl (C=O) groups is 1. The van der Waals surface area contributed by atoms with E-state index in [4.69, 9.17) is 16.2 Å². The maximum atomic E-state index is 12.6. The van der Waals surface area contributed by atoms with Crippen LogP contribution in [-0.4, -0.2) is 17.6 Å². The van der Waals surface area contributed by atoms with Crippen LogP contribution in [0.2, 0.25) is 0 Å². The van der Waals surface area contributed by atoms with Gasteiger partial charge in [0.1, 0.15) is 5.69 Å². The van der Waals surface area contributed by atoms with Crippen LogP contribution in [0.3, 0.4) is 0 Å². The number of aromatic nitrogens is 1. The van der Waals surface area contributed by atoms with Gasteiger partial charge in [-0.15, -0.1) is 0 Å². The summed E-state index contributed by atoms with van der Waals surface area (Å²) in [6, 6.07) is 0. The summed E-state index contributed by atoms with van der Waals surface area (Å²) in [5, 5.41) is 0. The minimum atomic E-state index is -2.75. The van der Waals surface area contributed by atoms with Crippen molar-refractivity contribution in [3.8, 4) is 0 Å². The van der Waals surface area contributed by atoms with Crippen molar-refractivity contribution in [1.29, 1.82) is 0 Å². The predicted molar refractivity (Wildman–Crippen MR) is 61.8 cm³/mol. The number of ether oxygens (including phenoxy) is 1. The smallest absolute Gasteiger partial charge is 0.310 e. The first-order valence-electron chi connectivity index (χ1n) is 5.41. The molecule has 100 valence electrons. The molecule has 1 heterocycles. The zero-order valence-electron chi connectivity index (χ0n) is 9.95. The van der Waals surface area contributed by atoms with Gasteiger partial charge in [0, 0.05) is 29.6 Å². The quantitative estimate of drug-likeness (QED) is 0.774. The van der Waals surface area contributed by atoms with E-state index >= 15 is 0 Å². The maximum Gasteiger partial charge on any atom is 0.310 e. The van der Waals surface area contributed by atoms with E-state index < -0.39 is 18.1 Å². The normalized spacial score (nSPS) is 10.7. The molecule has 5 nitrogen and oxygen atoms in total. The van der Waals surface area contributed by atoms with Crippen molar-refractivity contribution < 1.29 is 18.3 Å². The van der Waals surface area contributed by atoms with Crippen LogP contribution >= 0.6 is 0 Å². The Kier molecular flexibility index (Phi) is 4.96. The van der Waals surface area contributed by atoms with Crippen LogP contribution in [0.25, 0.3) is 0 Å². The first-order valence-corrected chi connectivity index (χ1v) is 5.41. The van der Waals surface area contributed by atoms with E-state index in [1.807, 2.05) is 0 Å². The summed E-state index contributed by atoms with van der Waals surface area (Å²) in [4.78, 5) is 14.9. The fourth-order valence-electron chi connectivity index (χ4n) is 1.54. The highest BCUT2D eigenvalue weighted by Crippen LogP contribution is 2.27. The lowest BCUT2D eigenvalue weighted by Gasteiger charge is -2.13. The van der Waals surface area contributed by atoms with Crippen LogP contribution in [-0.2, 0) is 22.5 Å². The monoisotopic (exact) mass is 259 g/mol. The van der Waals surface area contributed by atoms with Crippen LogP contribution in [0.4, 0.5) is 14.5 Å². The van der Waals surface area contributed by atoms with Gasteiger partial charge in [-0.1, -0.05) is 0 Å². The molecule has 0 aliphatic heterocycles. The summed E-state index contributed by atoms with van der Waals surface area (Å²) < 4.78 is 30.0. The molecule has 7 heteroatoms. The second kappa shape index (κ2) is 6.25. The number of alkyl halides is 2. The van der Waals surface area contributed by atoms with Gasteiger partial charge in [0.25, 0.3) is 6.43 Å². The molecule has 0 unspecified atom stereocenters. The molecule has 1 aromatic heterocycles. The zero-order chi connectivity index (χ0) is 13.7. The average molecular weight is 259 g/mol. The predicted octanol–water partition coefficient (Wildman–Crippen LogP) is 1.17. The molecule has 0 aromatic carbocycles. The van der Waals surface area contributed by atoms with Crippen LogP contribution in [0.1, 0.15) is 30.2 Å². The van der Waals surface area contributed by atoms with Crippen molar-refractivity contribution in [3.05, 3.63) is 23.0 Å². The molecule has 18 heavy (non-hydrogen) atoms. The van der Waals surface area contributed by atoms with Crippen molar-refractivity contribution in [2.45, 2.75) is 26.3 Å². The highest BCUT2D eigenvalue weighted by atomic mass is 19.3. The van der Waals surface area contributed by atoms with Gasteiger partial charge in [-0.3, -0.25) is 9.78 Å². The lowest BCUT2D eigenvalue weighted by molar-refractivity contribution is -0.142. The van der Waals surface area contributed by atoms with Crippen molar-refractivity contribution >= 4 is 11.7 Å². The van der Waals surface area contributed by atoms with E-state index in [0.29, 0.717) is 5.56 Å². The second-order valence-electron chi connectivity index (χ2n) is 3.55. The van der Waals surface area contributed by atoms with Crippen LogP contribution in [0, 0.1) is 0 Å². The Hall–Kier alpha value is -1.76. The number of nitrogens with zero attached hydrogens (tertiary/aromatic N) is 1. The fourth-order valence-corrected chi connectivity index (χ4v) is 1.54. The average Bonchev–Trinajstić information content (AvgIpc) is 2.31. The molecule has 0 radical (unpaired) electrons. The fraction of sp³-hybridized carbons (Fsp3) is 0.455. The molecule has 1 rings (SSSR count). The van der Waals surface area contributed by atoms with Gasteiger partial charge in [0.05, 0.1) is 13.0 Å². The molecule has 0 saturated heterocycles. The van der Waals surface area contributed by atoms with Crippen molar-refractivity contribution in [2.75, 3.05) is 12.3 Å². The Morgan fingerprint density at radius 3 is 2.72 bits per heavy atom. The van der Waals surface area contributed by atoms with Gasteiger partial charge < -0.3 is 16.2 Å². The molecule has 0 spiro atoms. The number of nitrogen functional groups attached to an aromatic ring is 1. The topological polar surface area (TPSA) is 91.2 Å². The Morgan fingerprint density at radius 2 is 2.22 bits per heavy atom. The molecular formula is C11H15F2N3O2. The molecule has 0 amide bonds. The largest absolute Gasteiger partial charge is 0.466 e.